The van der Waals surface area contributed by atoms with Gasteiger partial charge in [0.15, 0.2) is 5.13 Å². The average Bonchev–Trinajstić information content (AvgIpc) is 3.32. The first-order valence-corrected chi connectivity index (χ1v) is 11.5. The third kappa shape index (κ3) is 3.83. The average molecular weight is 461 g/mol. The van der Waals surface area contributed by atoms with Crippen LogP contribution in [0.25, 0.3) is 22.3 Å². The van der Waals surface area contributed by atoms with Gasteiger partial charge >= 0.3 is 0 Å². The van der Waals surface area contributed by atoms with Crippen LogP contribution in [0.4, 0.5) is 15.2 Å². The summed E-state index contributed by atoms with van der Waals surface area (Å²) in [5.41, 5.74) is 4.04. The van der Waals surface area contributed by atoms with Crippen LogP contribution in [0.3, 0.4) is 0 Å². The highest BCUT2D eigenvalue weighted by molar-refractivity contribution is 7.14. The number of rotatable bonds is 3. The second kappa shape index (κ2) is 8.30. The van der Waals surface area contributed by atoms with Gasteiger partial charge in [-0.15, -0.1) is 11.3 Å². The quantitative estimate of drug-likeness (QED) is 0.463. The maximum absolute atomic E-state index is 13.2. The van der Waals surface area contributed by atoms with Gasteiger partial charge < -0.3 is 14.4 Å². The Bertz CT molecular complexity index is 1440. The van der Waals surface area contributed by atoms with Crippen LogP contribution in [-0.2, 0) is 7.05 Å². The second-order valence-electron chi connectivity index (χ2n) is 8.11. The van der Waals surface area contributed by atoms with E-state index in [1.165, 1.54) is 12.1 Å². The Morgan fingerprint density at radius 3 is 2.67 bits per heavy atom. The summed E-state index contributed by atoms with van der Waals surface area (Å²) in [6, 6.07) is 13.6. The van der Waals surface area contributed by atoms with Gasteiger partial charge in [-0.2, -0.15) is 5.26 Å². The molecule has 1 aliphatic rings. The number of nitrogens with zero attached hydrogens (tertiary/aromatic N) is 6. The molecule has 0 spiro atoms. The summed E-state index contributed by atoms with van der Waals surface area (Å²) in [6.45, 7) is 4.26. The number of fused-ring (bicyclic) bond motifs is 1. The molecule has 9 heteroatoms. The molecular formula is C24H21FN6OS. The minimum Gasteiger partial charge on any atom is -0.363 e. The molecule has 1 saturated heterocycles. The highest BCUT2D eigenvalue weighted by atomic mass is 32.1. The topological polar surface area (TPSA) is 78.0 Å². The van der Waals surface area contributed by atoms with E-state index >= 15 is 0 Å². The number of pyridine rings is 2. The molecule has 0 saturated carbocycles. The monoisotopic (exact) mass is 460 g/mol. The van der Waals surface area contributed by atoms with Crippen LogP contribution in [0.15, 0.2) is 52.6 Å². The first-order chi connectivity index (χ1) is 15.9. The molecule has 4 aromatic rings. The fraction of sp³-hybridized carbons (Fsp3) is 0.250. The van der Waals surface area contributed by atoms with Gasteiger partial charge in [-0.3, -0.25) is 4.79 Å². The molecule has 5 rings (SSSR count). The summed E-state index contributed by atoms with van der Waals surface area (Å²) in [5, 5.41) is 12.2. The molecule has 0 radical (unpaired) electrons. The van der Waals surface area contributed by atoms with Gasteiger partial charge in [-0.05, 0) is 43.3 Å². The molecule has 0 N–H and O–H groups in total. The largest absolute Gasteiger partial charge is 0.363 e. The van der Waals surface area contributed by atoms with E-state index in [2.05, 4.69) is 27.8 Å². The van der Waals surface area contributed by atoms with Crippen molar-refractivity contribution in [3.05, 3.63) is 69.7 Å². The zero-order chi connectivity index (χ0) is 23.1. The summed E-state index contributed by atoms with van der Waals surface area (Å²) in [7, 11) is 1.71. The third-order valence-electron chi connectivity index (χ3n) is 6.02. The molecule has 1 aliphatic heterocycles. The summed E-state index contributed by atoms with van der Waals surface area (Å²) in [5.74, 6) is -0.265. The Hall–Kier alpha value is -3.77. The number of anilines is 2. The summed E-state index contributed by atoms with van der Waals surface area (Å²) < 4.78 is 14.8. The molecular weight excluding hydrogens is 439 g/mol. The number of benzene rings is 1. The van der Waals surface area contributed by atoms with Crippen LogP contribution < -0.4 is 15.4 Å². The van der Waals surface area contributed by atoms with Crippen molar-refractivity contribution < 1.29 is 4.39 Å². The maximum Gasteiger partial charge on any atom is 0.252 e. The van der Waals surface area contributed by atoms with Gasteiger partial charge in [0, 0.05) is 49.7 Å². The number of halogens is 1. The number of thiazole rings is 1. The Kier molecular flexibility index (Phi) is 5.30. The van der Waals surface area contributed by atoms with E-state index in [1.807, 2.05) is 5.38 Å². The maximum atomic E-state index is 13.2. The molecule has 166 valence electrons. The lowest BCUT2D eigenvalue weighted by molar-refractivity contribution is 0.550. The van der Waals surface area contributed by atoms with Crippen LogP contribution in [0.5, 0.6) is 0 Å². The van der Waals surface area contributed by atoms with E-state index in [1.54, 1.807) is 53.3 Å². The molecule has 1 unspecified atom stereocenters. The Morgan fingerprint density at radius 1 is 1.15 bits per heavy atom. The van der Waals surface area contributed by atoms with Gasteiger partial charge in [0.1, 0.15) is 23.1 Å². The summed E-state index contributed by atoms with van der Waals surface area (Å²) in [4.78, 5) is 26.3. The van der Waals surface area contributed by atoms with Crippen molar-refractivity contribution in [3.63, 3.8) is 0 Å². The minimum absolute atomic E-state index is 0.0970. The van der Waals surface area contributed by atoms with Gasteiger partial charge in [0.05, 0.1) is 16.9 Å². The minimum atomic E-state index is -0.265. The van der Waals surface area contributed by atoms with Crippen molar-refractivity contribution in [1.29, 1.82) is 5.26 Å². The van der Waals surface area contributed by atoms with E-state index in [0.29, 0.717) is 23.3 Å². The predicted molar refractivity (Wildman–Crippen MR) is 128 cm³/mol. The molecule has 0 bridgehead atoms. The van der Waals surface area contributed by atoms with Crippen molar-refractivity contribution >= 4 is 33.2 Å². The predicted octanol–water partition coefficient (Wildman–Crippen LogP) is 3.78. The van der Waals surface area contributed by atoms with Crippen molar-refractivity contribution in [3.8, 4) is 17.3 Å². The molecule has 7 nitrogen and oxygen atoms in total. The zero-order valence-corrected chi connectivity index (χ0v) is 19.0. The van der Waals surface area contributed by atoms with E-state index in [9.17, 15) is 14.4 Å². The molecule has 1 fully saturated rings. The number of hydrogen-bond donors (Lipinski definition) is 0. The molecule has 1 atom stereocenters. The third-order valence-corrected chi connectivity index (χ3v) is 6.92. The lowest BCUT2D eigenvalue weighted by Crippen LogP contribution is -2.52. The lowest BCUT2D eigenvalue weighted by atomic mass is 10.1. The molecule has 3 aromatic heterocycles. The van der Waals surface area contributed by atoms with Crippen molar-refractivity contribution in [1.82, 2.24) is 14.5 Å². The normalized spacial score (nSPS) is 16.2. The number of aromatic nitrogens is 3. The van der Waals surface area contributed by atoms with Crippen LogP contribution in [-0.4, -0.2) is 40.2 Å². The number of hydrogen-bond acceptors (Lipinski definition) is 7. The SMILES string of the molecule is CC1CN(c2nc(-c3ccc(F)cc3)cs2)CCN1c1cc(=O)n(C)c2ccc(C#N)nc12. The van der Waals surface area contributed by atoms with Crippen LogP contribution in [0.2, 0.25) is 0 Å². The summed E-state index contributed by atoms with van der Waals surface area (Å²) >= 11 is 1.57. The lowest BCUT2D eigenvalue weighted by Gasteiger charge is -2.41. The van der Waals surface area contributed by atoms with Crippen LogP contribution in [0, 0.1) is 17.1 Å². The zero-order valence-electron chi connectivity index (χ0n) is 18.2. The second-order valence-corrected chi connectivity index (χ2v) is 8.95. The standard InChI is InChI=1S/C24H21FN6OS/c1-15-13-30(24-28-19(14-33-24)16-3-5-17(25)6-4-16)9-10-31(15)21-11-22(32)29(2)20-8-7-18(12-26)27-23(20)21/h3-8,11,14-15H,9-10,13H2,1-2H3. The van der Waals surface area contributed by atoms with Gasteiger partial charge in [0.25, 0.3) is 5.56 Å². The van der Waals surface area contributed by atoms with Crippen LogP contribution >= 0.6 is 11.3 Å². The van der Waals surface area contributed by atoms with E-state index in [0.717, 1.165) is 35.2 Å². The van der Waals surface area contributed by atoms with E-state index in [4.69, 9.17) is 4.98 Å². The highest BCUT2D eigenvalue weighted by Gasteiger charge is 2.28. The fourth-order valence-corrected chi connectivity index (χ4v) is 5.12. The molecule has 4 heterocycles. The Labute approximate surface area is 194 Å². The Morgan fingerprint density at radius 2 is 1.94 bits per heavy atom. The van der Waals surface area contributed by atoms with E-state index < -0.39 is 0 Å². The van der Waals surface area contributed by atoms with Crippen LogP contribution in [0.1, 0.15) is 12.6 Å². The molecule has 0 amide bonds. The first kappa shape index (κ1) is 21.1. The number of piperazine rings is 1. The number of aryl methyl sites for hydroxylation is 1. The van der Waals surface area contributed by atoms with Gasteiger partial charge in [-0.25, -0.2) is 14.4 Å². The molecule has 33 heavy (non-hydrogen) atoms. The van der Waals surface area contributed by atoms with Crippen molar-refractivity contribution in [2.24, 2.45) is 7.05 Å². The summed E-state index contributed by atoms with van der Waals surface area (Å²) in [6.07, 6.45) is 0. The Balaban J connectivity index is 1.42. The first-order valence-electron chi connectivity index (χ1n) is 10.6. The number of nitriles is 1. The fourth-order valence-electron chi connectivity index (χ4n) is 4.25. The van der Waals surface area contributed by atoms with Crippen molar-refractivity contribution in [2.45, 2.75) is 13.0 Å². The van der Waals surface area contributed by atoms with Gasteiger partial charge in [-0.1, -0.05) is 0 Å². The highest BCUT2D eigenvalue weighted by Crippen LogP contribution is 2.31. The van der Waals surface area contributed by atoms with Crippen molar-refractivity contribution in [2.75, 3.05) is 29.4 Å². The molecule has 0 aliphatic carbocycles. The van der Waals surface area contributed by atoms with Gasteiger partial charge in [0.2, 0.25) is 0 Å². The van der Waals surface area contributed by atoms with E-state index in [-0.39, 0.29) is 17.4 Å². The smallest absolute Gasteiger partial charge is 0.252 e. The molecule has 1 aromatic carbocycles.